The van der Waals surface area contributed by atoms with Crippen LogP contribution in [0.25, 0.3) is 0 Å². The molecular weight excluding hydrogens is 376 g/mol. The lowest BCUT2D eigenvalue weighted by molar-refractivity contribution is -0.384. The first-order chi connectivity index (χ1) is 12.7. The fourth-order valence-electron chi connectivity index (χ4n) is 2.14. The molecule has 0 aliphatic heterocycles. The molecule has 0 amide bonds. The van der Waals surface area contributed by atoms with E-state index < -0.39 is 27.0 Å². The molecule has 2 aromatic carbocycles. The van der Waals surface area contributed by atoms with Crippen molar-refractivity contribution < 1.29 is 27.6 Å². The van der Waals surface area contributed by atoms with E-state index in [0.717, 1.165) is 0 Å². The number of nitro benzene ring substituents is 1. The predicted molar refractivity (Wildman–Crippen MR) is 95.7 cm³/mol. The van der Waals surface area contributed by atoms with Crippen molar-refractivity contribution in [2.45, 2.75) is 24.5 Å². The third kappa shape index (κ3) is 5.50. The van der Waals surface area contributed by atoms with Gasteiger partial charge in [-0.25, -0.2) is 8.42 Å². The van der Waals surface area contributed by atoms with Gasteiger partial charge in [-0.2, -0.15) is 4.72 Å². The molecule has 1 atom stereocenters. The van der Waals surface area contributed by atoms with Crippen LogP contribution < -0.4 is 9.46 Å². The van der Waals surface area contributed by atoms with Crippen LogP contribution in [0.4, 0.5) is 5.69 Å². The number of rotatable bonds is 8. The van der Waals surface area contributed by atoms with Gasteiger partial charge in [0, 0.05) is 12.1 Å². The summed E-state index contributed by atoms with van der Waals surface area (Å²) in [6.45, 7) is 1.13. The number of nitrogens with one attached hydrogen (secondary N) is 1. The molecule has 0 unspecified atom stereocenters. The number of carbonyl (C=O) groups excluding carboxylic acids is 1. The number of sulfonamides is 1. The number of carbonyl (C=O) groups is 1. The molecule has 0 bridgehead atoms. The summed E-state index contributed by atoms with van der Waals surface area (Å²) in [6, 6.07) is 10.2. The highest BCUT2D eigenvalue weighted by Crippen LogP contribution is 2.16. The maximum atomic E-state index is 12.3. The fourth-order valence-corrected chi connectivity index (χ4v) is 3.34. The molecule has 0 heterocycles. The molecular formula is C17H18N2O7S. The zero-order chi connectivity index (χ0) is 20.0. The lowest BCUT2D eigenvalue weighted by Gasteiger charge is -2.14. The normalized spacial score (nSPS) is 12.2. The van der Waals surface area contributed by atoms with Crippen molar-refractivity contribution in [3.8, 4) is 5.75 Å². The summed E-state index contributed by atoms with van der Waals surface area (Å²) in [5, 5.41) is 10.7. The monoisotopic (exact) mass is 394 g/mol. The van der Waals surface area contributed by atoms with Gasteiger partial charge in [0.05, 0.1) is 16.9 Å². The van der Waals surface area contributed by atoms with Gasteiger partial charge in [0.25, 0.3) is 5.69 Å². The van der Waals surface area contributed by atoms with Crippen LogP contribution in [0.15, 0.2) is 53.4 Å². The Morgan fingerprint density at radius 3 is 2.48 bits per heavy atom. The van der Waals surface area contributed by atoms with E-state index in [2.05, 4.69) is 4.72 Å². The maximum absolute atomic E-state index is 12.3. The van der Waals surface area contributed by atoms with E-state index in [0.29, 0.717) is 11.3 Å². The molecule has 0 spiro atoms. The Kier molecular flexibility index (Phi) is 6.48. The quantitative estimate of drug-likeness (QED) is 0.412. The van der Waals surface area contributed by atoms with E-state index in [1.807, 2.05) is 0 Å². The van der Waals surface area contributed by atoms with Gasteiger partial charge < -0.3 is 9.47 Å². The van der Waals surface area contributed by atoms with Crippen LogP contribution in [-0.2, 0) is 26.2 Å². The number of nitro groups is 1. The summed E-state index contributed by atoms with van der Waals surface area (Å²) in [5.41, 5.74) is 0.291. The highest BCUT2D eigenvalue weighted by molar-refractivity contribution is 7.89. The lowest BCUT2D eigenvalue weighted by atomic mass is 10.2. The zero-order valence-corrected chi connectivity index (χ0v) is 15.4. The molecule has 0 saturated carbocycles. The molecule has 1 N–H and O–H groups in total. The molecule has 0 radical (unpaired) electrons. The number of non-ortho nitro benzene ring substituents is 1. The topological polar surface area (TPSA) is 125 Å². The Labute approximate surface area is 156 Å². The van der Waals surface area contributed by atoms with Crippen molar-refractivity contribution in [3.05, 3.63) is 64.2 Å². The molecule has 2 aromatic rings. The highest BCUT2D eigenvalue weighted by atomic mass is 32.2. The van der Waals surface area contributed by atoms with Gasteiger partial charge in [0.1, 0.15) is 18.4 Å². The minimum Gasteiger partial charge on any atom is -0.497 e. The van der Waals surface area contributed by atoms with E-state index in [-0.39, 0.29) is 17.2 Å². The summed E-state index contributed by atoms with van der Waals surface area (Å²) in [4.78, 5) is 22.2. The number of esters is 1. The first-order valence-corrected chi connectivity index (χ1v) is 9.27. The molecule has 0 aliphatic rings. The van der Waals surface area contributed by atoms with Crippen molar-refractivity contribution in [2.75, 3.05) is 7.11 Å². The molecule has 2 rings (SSSR count). The van der Waals surface area contributed by atoms with Crippen molar-refractivity contribution in [1.82, 2.24) is 4.72 Å². The average molecular weight is 394 g/mol. The molecule has 0 fully saturated rings. The van der Waals surface area contributed by atoms with E-state index in [9.17, 15) is 23.3 Å². The molecule has 0 saturated heterocycles. The second kappa shape index (κ2) is 8.60. The van der Waals surface area contributed by atoms with Gasteiger partial charge in [-0.3, -0.25) is 14.9 Å². The third-order valence-corrected chi connectivity index (χ3v) is 5.11. The van der Waals surface area contributed by atoms with Crippen LogP contribution in [0.1, 0.15) is 12.5 Å². The van der Waals surface area contributed by atoms with E-state index in [1.54, 1.807) is 6.07 Å². The summed E-state index contributed by atoms with van der Waals surface area (Å²) in [6.07, 6.45) is 0. The van der Waals surface area contributed by atoms with Crippen LogP contribution in [0.5, 0.6) is 5.75 Å². The Morgan fingerprint density at radius 2 is 1.89 bits per heavy atom. The number of methoxy groups -OCH3 is 1. The summed E-state index contributed by atoms with van der Waals surface area (Å²) < 4.78 is 36.8. The zero-order valence-electron chi connectivity index (χ0n) is 14.6. The second-order valence-corrected chi connectivity index (χ2v) is 7.27. The van der Waals surface area contributed by atoms with Crippen molar-refractivity contribution in [1.29, 1.82) is 0 Å². The van der Waals surface area contributed by atoms with Gasteiger partial charge in [-0.15, -0.1) is 0 Å². The Balaban J connectivity index is 1.98. The lowest BCUT2D eigenvalue weighted by Crippen LogP contribution is -2.39. The minimum absolute atomic E-state index is 0.0263. The van der Waals surface area contributed by atoms with Crippen LogP contribution in [0.3, 0.4) is 0 Å². The minimum atomic E-state index is -3.93. The largest absolute Gasteiger partial charge is 0.497 e. The van der Waals surface area contributed by atoms with Gasteiger partial charge in [-0.05, 0) is 36.8 Å². The number of hydrogen-bond donors (Lipinski definition) is 1. The third-order valence-electron chi connectivity index (χ3n) is 3.56. The number of benzene rings is 2. The molecule has 9 nitrogen and oxygen atoms in total. The van der Waals surface area contributed by atoms with E-state index >= 15 is 0 Å². The van der Waals surface area contributed by atoms with Crippen molar-refractivity contribution >= 4 is 21.7 Å². The number of nitrogens with zero attached hydrogens (tertiary/aromatic N) is 1. The Morgan fingerprint density at radius 1 is 1.22 bits per heavy atom. The van der Waals surface area contributed by atoms with E-state index in [1.165, 1.54) is 56.5 Å². The molecule has 10 heteroatoms. The van der Waals surface area contributed by atoms with Gasteiger partial charge in [0.2, 0.25) is 10.0 Å². The van der Waals surface area contributed by atoms with Crippen molar-refractivity contribution in [3.63, 3.8) is 0 Å². The van der Waals surface area contributed by atoms with E-state index in [4.69, 9.17) is 9.47 Å². The number of ether oxygens (including phenoxy) is 2. The van der Waals surface area contributed by atoms with Gasteiger partial charge >= 0.3 is 5.97 Å². The first kappa shape index (κ1) is 20.3. The first-order valence-electron chi connectivity index (χ1n) is 7.79. The average Bonchev–Trinajstić information content (AvgIpc) is 2.66. The molecule has 0 aliphatic carbocycles. The summed E-state index contributed by atoms with van der Waals surface area (Å²) >= 11 is 0. The van der Waals surface area contributed by atoms with Gasteiger partial charge in [0.15, 0.2) is 0 Å². The maximum Gasteiger partial charge on any atom is 0.324 e. The molecule has 144 valence electrons. The molecule has 27 heavy (non-hydrogen) atoms. The van der Waals surface area contributed by atoms with Crippen LogP contribution in [0, 0.1) is 10.1 Å². The Bertz CT molecular complexity index is 927. The Hall–Kier alpha value is -2.98. The second-order valence-electron chi connectivity index (χ2n) is 5.55. The van der Waals surface area contributed by atoms with Crippen molar-refractivity contribution in [2.24, 2.45) is 0 Å². The van der Waals surface area contributed by atoms with Gasteiger partial charge in [-0.1, -0.05) is 12.1 Å². The summed E-state index contributed by atoms with van der Waals surface area (Å²) in [5.74, 6) is -0.308. The fraction of sp³-hybridized carbons (Fsp3) is 0.235. The SMILES string of the molecule is COc1ccc(S(=O)(=O)N[C@@H](C)C(=O)OCc2cccc([N+](=O)[O-])c2)cc1. The predicted octanol–water partition coefficient (Wildman–Crippen LogP) is 2.01. The number of hydrogen-bond acceptors (Lipinski definition) is 7. The summed E-state index contributed by atoms with van der Waals surface area (Å²) in [7, 11) is -2.47. The highest BCUT2D eigenvalue weighted by Gasteiger charge is 2.23. The van der Waals surface area contributed by atoms with Crippen LogP contribution in [-0.4, -0.2) is 32.5 Å². The van der Waals surface area contributed by atoms with Crippen LogP contribution in [0.2, 0.25) is 0 Å². The molecule has 0 aromatic heterocycles. The standard InChI is InChI=1S/C17H18N2O7S/c1-12(18-27(23,24)16-8-6-15(25-2)7-9-16)17(20)26-11-13-4-3-5-14(10-13)19(21)22/h3-10,12,18H,11H2,1-2H3/t12-/m0/s1. The van der Waals surface area contributed by atoms with Crippen LogP contribution >= 0.6 is 0 Å². The smallest absolute Gasteiger partial charge is 0.324 e.